The third-order valence-corrected chi connectivity index (χ3v) is 7.64. The molecule has 29 heavy (non-hydrogen) atoms. The number of rotatable bonds is 14. The Labute approximate surface area is 184 Å². The molecule has 1 saturated carbocycles. The molecule has 0 bridgehead atoms. The van der Waals surface area contributed by atoms with Crippen molar-refractivity contribution in [3.8, 4) is 0 Å². The lowest BCUT2D eigenvalue weighted by atomic mass is 9.85. The van der Waals surface area contributed by atoms with E-state index in [2.05, 4.69) is 6.92 Å². The SMILES string of the molecule is CCCCCCCC[C@@H]1[C@@H](CCCc2ccc(C(=O)OCCO)s2)[C@H](Cl)C[C@H]1O. The molecule has 1 aromatic heterocycles. The number of ether oxygens (including phenoxy) is 1. The van der Waals surface area contributed by atoms with Crippen LogP contribution < -0.4 is 0 Å². The van der Waals surface area contributed by atoms with Crippen LogP contribution >= 0.6 is 22.9 Å². The van der Waals surface area contributed by atoms with E-state index in [0.717, 1.165) is 30.6 Å². The van der Waals surface area contributed by atoms with Crippen molar-refractivity contribution < 1.29 is 19.7 Å². The number of aliphatic hydroxyl groups is 2. The minimum atomic E-state index is -0.367. The molecular weight excluding hydrogens is 408 g/mol. The van der Waals surface area contributed by atoms with Crippen molar-refractivity contribution in [1.82, 2.24) is 0 Å². The lowest BCUT2D eigenvalue weighted by Gasteiger charge is -2.23. The van der Waals surface area contributed by atoms with E-state index < -0.39 is 0 Å². The van der Waals surface area contributed by atoms with Crippen molar-refractivity contribution >= 4 is 28.9 Å². The molecular formula is C23H37ClO4S. The number of hydrogen-bond donors (Lipinski definition) is 2. The second-order valence-electron chi connectivity index (χ2n) is 8.22. The molecule has 0 amide bonds. The van der Waals surface area contributed by atoms with Gasteiger partial charge < -0.3 is 14.9 Å². The predicted molar refractivity (Wildman–Crippen MR) is 120 cm³/mol. The number of esters is 1. The first-order valence-corrected chi connectivity index (χ1v) is 12.5. The molecule has 1 aliphatic rings. The van der Waals surface area contributed by atoms with Crippen molar-refractivity contribution in [2.24, 2.45) is 11.8 Å². The fraction of sp³-hybridized carbons (Fsp3) is 0.783. The van der Waals surface area contributed by atoms with Crippen LogP contribution in [-0.2, 0) is 11.2 Å². The van der Waals surface area contributed by atoms with Crippen molar-refractivity contribution in [2.45, 2.75) is 89.0 Å². The highest BCUT2D eigenvalue weighted by molar-refractivity contribution is 7.13. The van der Waals surface area contributed by atoms with E-state index in [0.29, 0.717) is 23.1 Å². The number of carbonyl (C=O) groups excluding carboxylic acids is 1. The third-order valence-electron chi connectivity index (χ3n) is 6.01. The zero-order valence-corrected chi connectivity index (χ0v) is 19.2. The quantitative estimate of drug-likeness (QED) is 0.223. The third kappa shape index (κ3) is 8.20. The largest absolute Gasteiger partial charge is 0.459 e. The van der Waals surface area contributed by atoms with E-state index in [1.165, 1.54) is 49.9 Å². The summed E-state index contributed by atoms with van der Waals surface area (Å²) in [5.41, 5.74) is 0. The second kappa shape index (κ2) is 13.6. The summed E-state index contributed by atoms with van der Waals surface area (Å²) in [6, 6.07) is 3.78. The van der Waals surface area contributed by atoms with Gasteiger partial charge in [-0.15, -0.1) is 22.9 Å². The Hall–Kier alpha value is -0.620. The average Bonchev–Trinajstić information content (AvgIpc) is 3.28. The Morgan fingerprint density at radius 3 is 2.62 bits per heavy atom. The maximum Gasteiger partial charge on any atom is 0.348 e. The van der Waals surface area contributed by atoms with Crippen LogP contribution in [0.15, 0.2) is 12.1 Å². The molecule has 0 spiro atoms. The summed E-state index contributed by atoms with van der Waals surface area (Å²) in [6.45, 7) is 2.12. The van der Waals surface area contributed by atoms with Gasteiger partial charge in [-0.2, -0.15) is 0 Å². The van der Waals surface area contributed by atoms with E-state index >= 15 is 0 Å². The zero-order valence-electron chi connectivity index (χ0n) is 17.7. The maximum absolute atomic E-state index is 11.8. The van der Waals surface area contributed by atoms with Crippen LogP contribution in [0, 0.1) is 11.8 Å². The van der Waals surface area contributed by atoms with Gasteiger partial charge in [-0.3, -0.25) is 0 Å². The number of halogens is 1. The number of unbranched alkanes of at least 4 members (excludes halogenated alkanes) is 5. The number of aryl methyl sites for hydroxylation is 1. The molecule has 1 heterocycles. The lowest BCUT2D eigenvalue weighted by Crippen LogP contribution is -2.21. The van der Waals surface area contributed by atoms with Crippen molar-refractivity contribution in [2.75, 3.05) is 13.2 Å². The van der Waals surface area contributed by atoms with Crippen molar-refractivity contribution in [3.05, 3.63) is 21.9 Å². The lowest BCUT2D eigenvalue weighted by molar-refractivity contribution is 0.0439. The average molecular weight is 445 g/mol. The standard InChI is InChI=1S/C23H37ClO4S/c1-2-3-4-5-6-7-10-19-18(20(24)16-21(19)26)11-8-9-17-12-13-22(29-17)23(27)28-15-14-25/h12-13,18-21,25-26H,2-11,14-16H2,1H3/t18-,19-,20-,21-/m1/s1. The Morgan fingerprint density at radius 1 is 1.14 bits per heavy atom. The summed E-state index contributed by atoms with van der Waals surface area (Å²) in [4.78, 5) is 13.6. The van der Waals surface area contributed by atoms with E-state index in [-0.39, 0.29) is 30.7 Å². The van der Waals surface area contributed by atoms with Gasteiger partial charge in [0.25, 0.3) is 0 Å². The first-order chi connectivity index (χ1) is 14.1. The molecule has 1 fully saturated rings. The highest BCUT2D eigenvalue weighted by atomic mass is 35.5. The van der Waals surface area contributed by atoms with Crippen LogP contribution in [0.25, 0.3) is 0 Å². The summed E-state index contributed by atoms with van der Waals surface area (Å²) in [5.74, 6) is 0.348. The first kappa shape index (κ1) is 24.6. The van der Waals surface area contributed by atoms with E-state index in [9.17, 15) is 9.90 Å². The molecule has 1 aliphatic carbocycles. The molecule has 0 saturated heterocycles. The van der Waals surface area contributed by atoms with Crippen LogP contribution in [-0.4, -0.2) is 40.9 Å². The summed E-state index contributed by atoms with van der Waals surface area (Å²) in [5, 5.41) is 19.3. The van der Waals surface area contributed by atoms with Crippen molar-refractivity contribution in [3.63, 3.8) is 0 Å². The smallest absolute Gasteiger partial charge is 0.348 e. The van der Waals surface area contributed by atoms with Gasteiger partial charge in [-0.25, -0.2) is 4.79 Å². The fourth-order valence-electron chi connectivity index (χ4n) is 4.44. The van der Waals surface area contributed by atoms with Crippen LogP contribution in [0.4, 0.5) is 0 Å². The van der Waals surface area contributed by atoms with Gasteiger partial charge in [-0.1, -0.05) is 45.4 Å². The van der Waals surface area contributed by atoms with Crippen LogP contribution in [0.3, 0.4) is 0 Å². The number of aliphatic hydroxyl groups excluding tert-OH is 2. The molecule has 0 aromatic carbocycles. The Kier molecular flexibility index (Phi) is 11.6. The second-order valence-corrected chi connectivity index (χ2v) is 9.95. The number of hydrogen-bond acceptors (Lipinski definition) is 5. The summed E-state index contributed by atoms with van der Waals surface area (Å²) < 4.78 is 4.96. The molecule has 6 heteroatoms. The maximum atomic E-state index is 11.8. The van der Waals surface area contributed by atoms with Crippen LogP contribution in [0.5, 0.6) is 0 Å². The molecule has 166 valence electrons. The summed E-state index contributed by atoms with van der Waals surface area (Å²) in [7, 11) is 0. The van der Waals surface area contributed by atoms with Gasteiger partial charge in [0.2, 0.25) is 0 Å². The normalized spacial score (nSPS) is 24.1. The first-order valence-electron chi connectivity index (χ1n) is 11.3. The fourth-order valence-corrected chi connectivity index (χ4v) is 5.88. The minimum absolute atomic E-state index is 0.0349. The van der Waals surface area contributed by atoms with Gasteiger partial charge in [0, 0.05) is 10.3 Å². The Balaban J connectivity index is 1.74. The van der Waals surface area contributed by atoms with Gasteiger partial charge in [0.1, 0.15) is 11.5 Å². The zero-order chi connectivity index (χ0) is 21.1. The van der Waals surface area contributed by atoms with Crippen molar-refractivity contribution in [1.29, 1.82) is 0 Å². The predicted octanol–water partition coefficient (Wildman–Crippen LogP) is 5.57. The van der Waals surface area contributed by atoms with Gasteiger partial charge >= 0.3 is 5.97 Å². The summed E-state index contributed by atoms with van der Waals surface area (Å²) >= 11 is 8.05. The van der Waals surface area contributed by atoms with Crippen LogP contribution in [0.1, 0.15) is 85.7 Å². The van der Waals surface area contributed by atoms with E-state index in [1.807, 2.05) is 6.07 Å². The molecule has 4 atom stereocenters. The molecule has 4 nitrogen and oxygen atoms in total. The van der Waals surface area contributed by atoms with Crippen LogP contribution in [0.2, 0.25) is 0 Å². The van der Waals surface area contributed by atoms with Gasteiger partial charge in [0.15, 0.2) is 0 Å². The molecule has 2 N–H and O–H groups in total. The number of carbonyl (C=O) groups is 1. The minimum Gasteiger partial charge on any atom is -0.459 e. The van der Waals surface area contributed by atoms with E-state index in [1.54, 1.807) is 6.07 Å². The topological polar surface area (TPSA) is 66.8 Å². The molecule has 0 radical (unpaired) electrons. The number of alkyl halides is 1. The highest BCUT2D eigenvalue weighted by Gasteiger charge is 2.40. The molecule has 1 aromatic rings. The Morgan fingerprint density at radius 2 is 1.86 bits per heavy atom. The Bertz CT molecular complexity index is 591. The van der Waals surface area contributed by atoms with Gasteiger partial charge in [0.05, 0.1) is 12.7 Å². The summed E-state index contributed by atoms with van der Waals surface area (Å²) in [6.07, 6.45) is 12.2. The monoisotopic (exact) mass is 444 g/mol. The van der Waals surface area contributed by atoms with E-state index in [4.69, 9.17) is 21.4 Å². The molecule has 0 aliphatic heterocycles. The molecule has 0 unspecified atom stereocenters. The highest BCUT2D eigenvalue weighted by Crippen LogP contribution is 2.42. The van der Waals surface area contributed by atoms with Gasteiger partial charge in [-0.05, 0) is 56.1 Å². The number of thiophene rings is 1. The molecule has 2 rings (SSSR count).